The van der Waals surface area contributed by atoms with Crippen molar-refractivity contribution in [1.82, 2.24) is 15.2 Å². The second-order valence-electron chi connectivity index (χ2n) is 6.25. The first-order valence-electron chi connectivity index (χ1n) is 8.30. The summed E-state index contributed by atoms with van der Waals surface area (Å²) in [5, 5.41) is 3.62. The van der Waals surface area contributed by atoms with Crippen LogP contribution in [0.3, 0.4) is 0 Å². The maximum atomic E-state index is 13.1. The number of amides is 1. The van der Waals surface area contributed by atoms with E-state index in [1.807, 2.05) is 6.92 Å². The average molecular weight is 323 g/mol. The Hall–Kier alpha value is -1.69. The molecule has 0 aliphatic carbocycles. The topological polar surface area (TPSA) is 54.5 Å². The Balaban J connectivity index is 1.92. The van der Waals surface area contributed by atoms with Gasteiger partial charge in [-0.15, -0.1) is 0 Å². The second-order valence-corrected chi connectivity index (χ2v) is 6.25. The van der Waals surface area contributed by atoms with Crippen LogP contribution in [-0.2, 0) is 4.74 Å². The predicted octanol–water partition coefficient (Wildman–Crippen LogP) is 3.13. The molecule has 5 nitrogen and oxygen atoms in total. The van der Waals surface area contributed by atoms with Crippen molar-refractivity contribution in [2.75, 3.05) is 19.7 Å². The standard InChI is InChI=1S/C17H26FN3O2/c1-4-23-17(22)21-9-7-14(8-10-21)20-16(12(2)3)15-6-5-13(18)11-19-15/h5-6,11-12,14,16,20H,4,7-10H2,1-3H3/t16-/m0/s1. The van der Waals surface area contributed by atoms with Gasteiger partial charge in [0.25, 0.3) is 0 Å². The highest BCUT2D eigenvalue weighted by molar-refractivity contribution is 5.67. The number of likely N-dealkylation sites (tertiary alicyclic amines) is 1. The highest BCUT2D eigenvalue weighted by atomic mass is 19.1. The summed E-state index contributed by atoms with van der Waals surface area (Å²) >= 11 is 0. The Morgan fingerprint density at radius 2 is 2.13 bits per heavy atom. The SMILES string of the molecule is CCOC(=O)N1CCC(N[C@H](c2ccc(F)cn2)C(C)C)CC1. The number of piperidine rings is 1. The summed E-state index contributed by atoms with van der Waals surface area (Å²) in [6.45, 7) is 7.85. The molecule has 23 heavy (non-hydrogen) atoms. The van der Waals surface area contributed by atoms with E-state index in [1.165, 1.54) is 12.3 Å². The summed E-state index contributed by atoms with van der Waals surface area (Å²) in [5.41, 5.74) is 0.856. The molecule has 0 radical (unpaired) electrons. The molecule has 1 atom stereocenters. The fraction of sp³-hybridized carbons (Fsp3) is 0.647. The minimum atomic E-state index is -0.320. The van der Waals surface area contributed by atoms with Gasteiger partial charge in [0.05, 0.1) is 24.5 Å². The van der Waals surface area contributed by atoms with Gasteiger partial charge in [0.1, 0.15) is 5.82 Å². The van der Waals surface area contributed by atoms with E-state index >= 15 is 0 Å². The van der Waals surface area contributed by atoms with E-state index in [0.29, 0.717) is 31.7 Å². The molecule has 1 aromatic heterocycles. The summed E-state index contributed by atoms with van der Waals surface area (Å²) in [5.74, 6) is 0.0232. The molecule has 0 aromatic carbocycles. The Morgan fingerprint density at radius 1 is 1.43 bits per heavy atom. The Labute approximate surface area is 137 Å². The number of ether oxygens (including phenoxy) is 1. The molecule has 1 amide bonds. The van der Waals surface area contributed by atoms with Crippen LogP contribution in [-0.4, -0.2) is 41.7 Å². The lowest BCUT2D eigenvalue weighted by Crippen LogP contribution is -2.46. The Morgan fingerprint density at radius 3 is 2.65 bits per heavy atom. The number of halogens is 1. The first kappa shape index (κ1) is 17.7. The summed E-state index contributed by atoms with van der Waals surface area (Å²) in [7, 11) is 0. The number of carbonyl (C=O) groups is 1. The molecule has 6 heteroatoms. The maximum Gasteiger partial charge on any atom is 0.409 e. The molecule has 1 N–H and O–H groups in total. The number of carbonyl (C=O) groups excluding carboxylic acids is 1. The molecule has 0 unspecified atom stereocenters. The smallest absolute Gasteiger partial charge is 0.409 e. The first-order valence-corrected chi connectivity index (χ1v) is 8.30. The lowest BCUT2D eigenvalue weighted by atomic mass is 9.96. The Kier molecular flexibility index (Phi) is 6.33. The molecule has 2 rings (SSSR count). The van der Waals surface area contributed by atoms with Crippen LogP contribution in [0.5, 0.6) is 0 Å². The molecule has 128 valence electrons. The van der Waals surface area contributed by atoms with Crippen molar-refractivity contribution < 1.29 is 13.9 Å². The normalized spacial score (nSPS) is 17.3. The second kappa shape index (κ2) is 8.24. The third-order valence-corrected chi connectivity index (χ3v) is 4.17. The molecule has 1 fully saturated rings. The molecule has 0 spiro atoms. The Bertz CT molecular complexity index is 499. The van der Waals surface area contributed by atoms with Gasteiger partial charge in [-0.25, -0.2) is 9.18 Å². The molecule has 1 aliphatic heterocycles. The van der Waals surface area contributed by atoms with Crippen molar-refractivity contribution in [3.8, 4) is 0 Å². The minimum absolute atomic E-state index is 0.0785. The van der Waals surface area contributed by atoms with E-state index in [-0.39, 0.29) is 18.0 Å². The molecule has 0 saturated carbocycles. The zero-order valence-corrected chi connectivity index (χ0v) is 14.1. The monoisotopic (exact) mass is 323 g/mol. The quantitative estimate of drug-likeness (QED) is 0.904. The fourth-order valence-electron chi connectivity index (χ4n) is 2.89. The summed E-state index contributed by atoms with van der Waals surface area (Å²) in [6.07, 6.45) is 2.79. The van der Waals surface area contributed by atoms with Gasteiger partial charge in [-0.1, -0.05) is 13.8 Å². The highest BCUT2D eigenvalue weighted by Crippen LogP contribution is 2.23. The van der Waals surface area contributed by atoms with Gasteiger partial charge in [-0.3, -0.25) is 4.98 Å². The van der Waals surface area contributed by atoms with Crippen LogP contribution in [0.15, 0.2) is 18.3 Å². The van der Waals surface area contributed by atoms with E-state index in [9.17, 15) is 9.18 Å². The van der Waals surface area contributed by atoms with Crippen molar-refractivity contribution in [2.45, 2.75) is 45.7 Å². The van der Waals surface area contributed by atoms with E-state index in [4.69, 9.17) is 4.74 Å². The first-order chi connectivity index (χ1) is 11.0. The predicted molar refractivity (Wildman–Crippen MR) is 86.5 cm³/mol. The van der Waals surface area contributed by atoms with Crippen molar-refractivity contribution >= 4 is 6.09 Å². The van der Waals surface area contributed by atoms with Gasteiger partial charge < -0.3 is 15.0 Å². The lowest BCUT2D eigenvalue weighted by Gasteiger charge is -2.35. The van der Waals surface area contributed by atoms with Crippen molar-refractivity contribution in [2.24, 2.45) is 5.92 Å². The molecule has 1 aromatic rings. The van der Waals surface area contributed by atoms with Gasteiger partial charge >= 0.3 is 6.09 Å². The van der Waals surface area contributed by atoms with E-state index in [0.717, 1.165) is 18.5 Å². The number of rotatable bonds is 5. The zero-order chi connectivity index (χ0) is 16.8. The van der Waals surface area contributed by atoms with E-state index in [1.54, 1.807) is 11.0 Å². The molecule has 2 heterocycles. The number of nitrogens with zero attached hydrogens (tertiary/aromatic N) is 2. The van der Waals surface area contributed by atoms with Crippen LogP contribution in [0.2, 0.25) is 0 Å². The molecular weight excluding hydrogens is 297 g/mol. The molecule has 1 aliphatic rings. The highest BCUT2D eigenvalue weighted by Gasteiger charge is 2.27. The number of nitrogens with one attached hydrogen (secondary N) is 1. The van der Waals surface area contributed by atoms with Crippen molar-refractivity contribution in [3.63, 3.8) is 0 Å². The van der Waals surface area contributed by atoms with E-state index < -0.39 is 0 Å². The van der Waals surface area contributed by atoms with E-state index in [2.05, 4.69) is 24.1 Å². The summed E-state index contributed by atoms with van der Waals surface area (Å²) in [6, 6.07) is 3.58. The number of hydrogen-bond donors (Lipinski definition) is 1. The summed E-state index contributed by atoms with van der Waals surface area (Å²) < 4.78 is 18.1. The fourth-order valence-corrected chi connectivity index (χ4v) is 2.89. The molecular formula is C17H26FN3O2. The summed E-state index contributed by atoms with van der Waals surface area (Å²) in [4.78, 5) is 17.7. The molecule has 0 bridgehead atoms. The number of aromatic nitrogens is 1. The van der Waals surface area contributed by atoms with Crippen LogP contribution >= 0.6 is 0 Å². The van der Waals surface area contributed by atoms with Crippen LogP contribution in [0, 0.1) is 11.7 Å². The van der Waals surface area contributed by atoms with Crippen LogP contribution in [0.4, 0.5) is 9.18 Å². The minimum Gasteiger partial charge on any atom is -0.450 e. The average Bonchev–Trinajstić information content (AvgIpc) is 2.54. The third-order valence-electron chi connectivity index (χ3n) is 4.17. The molecule has 1 saturated heterocycles. The van der Waals surface area contributed by atoms with Gasteiger partial charge in [0, 0.05) is 19.1 Å². The van der Waals surface area contributed by atoms with Crippen LogP contribution in [0.25, 0.3) is 0 Å². The van der Waals surface area contributed by atoms with Crippen molar-refractivity contribution in [3.05, 3.63) is 29.8 Å². The van der Waals surface area contributed by atoms with Gasteiger partial charge in [0.15, 0.2) is 0 Å². The number of pyridine rings is 1. The van der Waals surface area contributed by atoms with Crippen LogP contribution < -0.4 is 5.32 Å². The maximum absolute atomic E-state index is 13.1. The lowest BCUT2D eigenvalue weighted by molar-refractivity contribution is 0.0934. The van der Waals surface area contributed by atoms with Crippen LogP contribution in [0.1, 0.15) is 45.3 Å². The van der Waals surface area contributed by atoms with Crippen molar-refractivity contribution in [1.29, 1.82) is 0 Å². The van der Waals surface area contributed by atoms with Gasteiger partial charge in [-0.05, 0) is 37.8 Å². The van der Waals surface area contributed by atoms with Gasteiger partial charge in [-0.2, -0.15) is 0 Å². The number of hydrogen-bond acceptors (Lipinski definition) is 4. The third kappa shape index (κ3) is 4.89. The van der Waals surface area contributed by atoms with Gasteiger partial charge in [0.2, 0.25) is 0 Å². The largest absolute Gasteiger partial charge is 0.450 e. The zero-order valence-electron chi connectivity index (χ0n) is 14.1.